The summed E-state index contributed by atoms with van der Waals surface area (Å²) in [4.78, 5) is 28.6. The molecule has 4 aromatic rings. The summed E-state index contributed by atoms with van der Waals surface area (Å²) < 4.78 is 1.64. The Morgan fingerprint density at radius 2 is 1.59 bits per heavy atom. The summed E-state index contributed by atoms with van der Waals surface area (Å²) in [5, 5.41) is 0.622. The van der Waals surface area contributed by atoms with Gasteiger partial charge in [0.15, 0.2) is 0 Å². The highest BCUT2D eigenvalue weighted by Crippen LogP contribution is 2.24. The summed E-state index contributed by atoms with van der Waals surface area (Å²) >= 11 is 0. The van der Waals surface area contributed by atoms with E-state index in [2.05, 4.69) is 4.98 Å². The molecule has 22 heavy (non-hydrogen) atoms. The average Bonchev–Trinajstić information content (AvgIpc) is 3.13. The van der Waals surface area contributed by atoms with Crippen LogP contribution in [0, 0.1) is 0 Å². The van der Waals surface area contributed by atoms with Crippen LogP contribution >= 0.6 is 0 Å². The van der Waals surface area contributed by atoms with Crippen LogP contribution in [0.25, 0.3) is 21.9 Å². The molecule has 0 aliphatic carbocycles. The second kappa shape index (κ2) is 4.39. The Labute approximate surface area is 125 Å². The average molecular weight is 289 g/mol. The van der Waals surface area contributed by atoms with Gasteiger partial charge in [-0.3, -0.25) is 19.1 Å². The van der Waals surface area contributed by atoms with Crippen molar-refractivity contribution in [2.45, 2.75) is 0 Å². The summed E-state index contributed by atoms with van der Waals surface area (Å²) in [6.07, 6.45) is 1.52. The van der Waals surface area contributed by atoms with Gasteiger partial charge in [-0.15, -0.1) is 0 Å². The van der Waals surface area contributed by atoms with Crippen LogP contribution in [-0.2, 0) is 0 Å². The van der Waals surface area contributed by atoms with Gasteiger partial charge in [0.1, 0.15) is 0 Å². The zero-order chi connectivity index (χ0) is 15.3. The van der Waals surface area contributed by atoms with E-state index in [-0.39, 0.29) is 5.91 Å². The van der Waals surface area contributed by atoms with Crippen LogP contribution < -0.4 is 5.73 Å². The minimum Gasteiger partial charge on any atom is -0.366 e. The Kier molecular flexibility index (Phi) is 2.50. The number of nitrogens with two attached hydrogens (primary N) is 1. The van der Waals surface area contributed by atoms with E-state index in [0.29, 0.717) is 22.0 Å². The number of carbonyl (C=O) groups excluding carboxylic acids is 2. The molecule has 5 heteroatoms. The lowest BCUT2D eigenvalue weighted by molar-refractivity contribution is 0.0968. The van der Waals surface area contributed by atoms with E-state index in [4.69, 9.17) is 5.73 Å². The van der Waals surface area contributed by atoms with Crippen molar-refractivity contribution < 1.29 is 9.59 Å². The van der Waals surface area contributed by atoms with E-state index >= 15 is 0 Å². The van der Waals surface area contributed by atoms with Gasteiger partial charge < -0.3 is 5.73 Å². The lowest BCUT2D eigenvalue weighted by Crippen LogP contribution is -2.14. The van der Waals surface area contributed by atoms with Crippen molar-refractivity contribution in [1.29, 1.82) is 0 Å². The molecule has 0 aliphatic heterocycles. The number of aromatic nitrogens is 2. The Bertz CT molecular complexity index is 985. The molecule has 3 aromatic heterocycles. The van der Waals surface area contributed by atoms with Crippen LogP contribution in [0.15, 0.2) is 54.7 Å². The van der Waals surface area contributed by atoms with Crippen molar-refractivity contribution in [3.05, 3.63) is 65.9 Å². The molecule has 3 heterocycles. The number of pyridine rings is 1. The number of nitrogens with zero attached hydrogens (tertiary/aromatic N) is 2. The molecule has 5 nitrogen and oxygen atoms in total. The maximum atomic E-state index is 12.9. The Morgan fingerprint density at radius 3 is 2.23 bits per heavy atom. The standard InChI is InChI=1S/C17H11N3O2/c18-16(21)14-3-1-2-12-13(8-9-19-15(12)14)17(22)20-10-4-5-11(20)7-6-10/h1-9H,(H2,18,21). The van der Waals surface area contributed by atoms with Gasteiger partial charge in [0, 0.05) is 22.6 Å². The first kappa shape index (κ1) is 12.5. The molecule has 0 saturated heterocycles. The first-order valence-electron chi connectivity index (χ1n) is 6.79. The third kappa shape index (κ3) is 1.62. The molecule has 0 aliphatic rings. The number of hydrogen-bond donors (Lipinski definition) is 1. The largest absolute Gasteiger partial charge is 0.366 e. The molecule has 0 radical (unpaired) electrons. The molecule has 1 amide bonds. The Morgan fingerprint density at radius 1 is 0.909 bits per heavy atom. The van der Waals surface area contributed by atoms with Crippen molar-refractivity contribution in [3.63, 3.8) is 0 Å². The van der Waals surface area contributed by atoms with Crippen LogP contribution in [0.2, 0.25) is 0 Å². The van der Waals surface area contributed by atoms with Gasteiger partial charge in [-0.1, -0.05) is 12.1 Å². The van der Waals surface area contributed by atoms with Crippen molar-refractivity contribution in [2.24, 2.45) is 5.73 Å². The van der Waals surface area contributed by atoms with E-state index in [1.807, 2.05) is 24.3 Å². The second-order valence-electron chi connectivity index (χ2n) is 5.08. The van der Waals surface area contributed by atoms with E-state index < -0.39 is 5.91 Å². The third-order valence-corrected chi connectivity index (χ3v) is 3.84. The number of primary amides is 1. The minimum atomic E-state index is -0.559. The monoisotopic (exact) mass is 289 g/mol. The fourth-order valence-corrected chi connectivity index (χ4v) is 2.82. The molecule has 0 unspecified atom stereocenters. The smallest absolute Gasteiger partial charge is 0.263 e. The molecule has 2 bridgehead atoms. The van der Waals surface area contributed by atoms with Crippen LogP contribution in [0.3, 0.4) is 0 Å². The van der Waals surface area contributed by atoms with Crippen LogP contribution in [0.4, 0.5) is 0 Å². The zero-order valence-corrected chi connectivity index (χ0v) is 11.5. The van der Waals surface area contributed by atoms with E-state index in [0.717, 1.165) is 11.0 Å². The molecule has 2 N–H and O–H groups in total. The summed E-state index contributed by atoms with van der Waals surface area (Å²) in [7, 11) is 0. The number of benzene rings is 2. The molecular weight excluding hydrogens is 278 g/mol. The highest BCUT2D eigenvalue weighted by molar-refractivity contribution is 6.14. The summed E-state index contributed by atoms with van der Waals surface area (Å²) in [5.74, 6) is -0.704. The maximum Gasteiger partial charge on any atom is 0.263 e. The maximum absolute atomic E-state index is 12.9. The quantitative estimate of drug-likeness (QED) is 0.615. The molecule has 4 rings (SSSR count). The molecule has 0 fully saturated rings. The van der Waals surface area contributed by atoms with E-state index in [1.54, 1.807) is 28.8 Å². The third-order valence-electron chi connectivity index (χ3n) is 3.84. The lowest BCUT2D eigenvalue weighted by Gasteiger charge is -2.08. The highest BCUT2D eigenvalue weighted by atomic mass is 16.2. The fraction of sp³-hybridized carbons (Fsp3) is 0. The minimum absolute atomic E-state index is 0.144. The number of rotatable bonds is 2. The van der Waals surface area contributed by atoms with Crippen LogP contribution in [-0.4, -0.2) is 21.4 Å². The normalized spacial score (nSPS) is 11.3. The predicted molar refractivity (Wildman–Crippen MR) is 83.1 cm³/mol. The van der Waals surface area contributed by atoms with Gasteiger partial charge in [0.2, 0.25) is 0 Å². The topological polar surface area (TPSA) is 78.0 Å². The van der Waals surface area contributed by atoms with Gasteiger partial charge >= 0.3 is 0 Å². The Balaban J connectivity index is 1.98. The first-order chi connectivity index (χ1) is 10.7. The van der Waals surface area contributed by atoms with Crippen molar-refractivity contribution >= 4 is 33.8 Å². The van der Waals surface area contributed by atoms with Crippen molar-refractivity contribution in [3.8, 4) is 0 Å². The van der Waals surface area contributed by atoms with Gasteiger partial charge in [-0.2, -0.15) is 0 Å². The number of carbonyl (C=O) groups is 2. The predicted octanol–water partition coefficient (Wildman–Crippen LogP) is 2.41. The molecule has 0 atom stereocenters. The van der Waals surface area contributed by atoms with Crippen LogP contribution in [0.5, 0.6) is 0 Å². The molecule has 106 valence electrons. The zero-order valence-electron chi connectivity index (χ0n) is 11.5. The van der Waals surface area contributed by atoms with Gasteiger partial charge in [-0.05, 0) is 36.4 Å². The number of fused-ring (bicyclic) bond motifs is 3. The summed E-state index contributed by atoms with van der Waals surface area (Å²) in [6.45, 7) is 0. The van der Waals surface area contributed by atoms with Crippen molar-refractivity contribution in [2.75, 3.05) is 0 Å². The van der Waals surface area contributed by atoms with Crippen molar-refractivity contribution in [1.82, 2.24) is 9.55 Å². The fourth-order valence-electron chi connectivity index (χ4n) is 2.82. The number of hydrogen-bond acceptors (Lipinski definition) is 3. The van der Waals surface area contributed by atoms with Crippen LogP contribution in [0.1, 0.15) is 20.7 Å². The highest BCUT2D eigenvalue weighted by Gasteiger charge is 2.18. The number of amides is 1. The molecule has 0 spiro atoms. The SMILES string of the molecule is NC(=O)c1cccc2c(C(=O)n3c4ccc3cc4)ccnc12. The van der Waals surface area contributed by atoms with Gasteiger partial charge in [0.05, 0.1) is 16.6 Å². The molecule has 0 saturated carbocycles. The lowest BCUT2D eigenvalue weighted by atomic mass is 10.0. The summed E-state index contributed by atoms with van der Waals surface area (Å²) in [5.41, 5.74) is 8.32. The molecule has 1 aromatic carbocycles. The second-order valence-corrected chi connectivity index (χ2v) is 5.08. The number of para-hydroxylation sites is 1. The summed E-state index contributed by atoms with van der Waals surface area (Å²) in [6, 6.07) is 14.3. The van der Waals surface area contributed by atoms with Gasteiger partial charge in [0.25, 0.3) is 11.8 Å². The Hall–Kier alpha value is -3.21. The van der Waals surface area contributed by atoms with Gasteiger partial charge in [-0.25, -0.2) is 0 Å². The van der Waals surface area contributed by atoms with E-state index in [9.17, 15) is 9.59 Å². The van der Waals surface area contributed by atoms with E-state index in [1.165, 1.54) is 6.20 Å². The molecular formula is C17H11N3O2. The first-order valence-corrected chi connectivity index (χ1v) is 6.79.